The van der Waals surface area contributed by atoms with Crippen molar-refractivity contribution in [1.82, 2.24) is 5.09 Å². The lowest BCUT2D eigenvalue weighted by Gasteiger charge is -2.23. The van der Waals surface area contributed by atoms with Gasteiger partial charge < -0.3 is 14.0 Å². The predicted octanol–water partition coefficient (Wildman–Crippen LogP) is 9.31. The van der Waals surface area contributed by atoms with Crippen molar-refractivity contribution in [2.24, 2.45) is 0 Å². The lowest BCUT2D eigenvalue weighted by Crippen LogP contribution is -2.35. The maximum atomic E-state index is 14.2. The third kappa shape index (κ3) is 15.7. The smallest absolute Gasteiger partial charge is 0.459 e. The summed E-state index contributed by atoms with van der Waals surface area (Å²) in [6.45, 7) is 5.32. The molecule has 1 N–H and O–H groups in total. The van der Waals surface area contributed by atoms with Crippen molar-refractivity contribution in [3.05, 3.63) is 29.1 Å². The van der Waals surface area contributed by atoms with Gasteiger partial charge in [-0.2, -0.15) is 13.9 Å². The maximum absolute atomic E-state index is 14.2. The molecule has 1 rings (SSSR count). The molecular weight excluding hydrogens is 596 g/mol. The van der Waals surface area contributed by atoms with Gasteiger partial charge in [0.05, 0.1) is 13.2 Å². The number of halogens is 5. The second-order valence-electron chi connectivity index (χ2n) is 10.5. The van der Waals surface area contributed by atoms with Gasteiger partial charge in [-0.3, -0.25) is 9.32 Å². The number of unbranched alkanes of at least 4 members (excludes halogenated alkanes) is 13. The molecule has 1 unspecified atom stereocenters. The lowest BCUT2D eigenvalue weighted by molar-refractivity contribution is -0.144. The predicted molar refractivity (Wildman–Crippen MR) is 155 cm³/mol. The van der Waals surface area contributed by atoms with E-state index < -0.39 is 54.6 Å². The van der Waals surface area contributed by atoms with Crippen LogP contribution in [0, 0.1) is 29.1 Å². The van der Waals surface area contributed by atoms with Gasteiger partial charge in [-0.1, -0.05) is 90.4 Å². The highest BCUT2D eigenvalue weighted by Crippen LogP contribution is 2.47. The third-order valence-corrected chi connectivity index (χ3v) is 8.36. The van der Waals surface area contributed by atoms with Crippen LogP contribution in [0.4, 0.5) is 22.0 Å². The van der Waals surface area contributed by atoms with Crippen molar-refractivity contribution in [1.29, 1.82) is 0 Å². The molecule has 0 aliphatic carbocycles. The number of carbonyl (C=O) groups is 1. The topological polar surface area (TPSA) is 83.1 Å². The summed E-state index contributed by atoms with van der Waals surface area (Å²) in [6.07, 6.45) is 17.6. The highest BCUT2D eigenvalue weighted by atomic mass is 31.2. The molecular formula is C30H49F5NO6P. The number of esters is 1. The first-order chi connectivity index (χ1) is 20.6. The molecule has 0 radical (unpaired) electrons. The summed E-state index contributed by atoms with van der Waals surface area (Å²) < 4.78 is 102. The molecule has 0 heterocycles. The van der Waals surface area contributed by atoms with E-state index in [1.807, 2.05) is 0 Å². The Balaban J connectivity index is 2.37. The highest BCUT2D eigenvalue weighted by molar-refractivity contribution is 7.52. The minimum atomic E-state index is -4.82. The summed E-state index contributed by atoms with van der Waals surface area (Å²) in [5.41, 5.74) is 0. The number of ether oxygens (including phenoxy) is 2. The lowest BCUT2D eigenvalue weighted by atomic mass is 10.0. The molecule has 1 aromatic rings. The maximum Gasteiger partial charge on any atom is 0.459 e. The van der Waals surface area contributed by atoms with Crippen LogP contribution in [0.1, 0.15) is 117 Å². The summed E-state index contributed by atoms with van der Waals surface area (Å²) in [7, 11) is -4.82. The summed E-state index contributed by atoms with van der Waals surface area (Å²) in [6, 6.07) is -1.36. The Kier molecular flexibility index (Phi) is 20.7. The van der Waals surface area contributed by atoms with Crippen LogP contribution in [0.3, 0.4) is 0 Å². The largest absolute Gasteiger partial charge is 0.465 e. The SMILES string of the molecule is CCCCCCCCCCCCCCCCOCCCOP(=O)(N[C@@H](C)C(=O)OCC)Oc1c(F)c(F)c(F)c(F)c1F. The molecule has 0 bridgehead atoms. The van der Waals surface area contributed by atoms with Gasteiger partial charge in [0.15, 0.2) is 0 Å². The van der Waals surface area contributed by atoms with Gasteiger partial charge in [-0.05, 0) is 26.7 Å². The van der Waals surface area contributed by atoms with Crippen molar-refractivity contribution in [2.45, 2.75) is 123 Å². The molecule has 0 saturated heterocycles. The van der Waals surface area contributed by atoms with Crippen molar-refractivity contribution in [3.8, 4) is 5.75 Å². The molecule has 2 atom stereocenters. The monoisotopic (exact) mass is 645 g/mol. The molecule has 0 aromatic heterocycles. The fourth-order valence-corrected chi connectivity index (χ4v) is 5.81. The summed E-state index contributed by atoms with van der Waals surface area (Å²) in [5.74, 6) is -14.3. The van der Waals surface area contributed by atoms with Crippen molar-refractivity contribution in [3.63, 3.8) is 0 Å². The van der Waals surface area contributed by atoms with E-state index in [1.165, 1.54) is 84.5 Å². The van der Waals surface area contributed by atoms with Crippen LogP contribution in [0.15, 0.2) is 0 Å². The Bertz CT molecular complexity index is 958. The normalized spacial score (nSPS) is 13.6. The number of hydrogen-bond donors (Lipinski definition) is 1. The molecule has 7 nitrogen and oxygen atoms in total. The minimum absolute atomic E-state index is 0.0227. The van der Waals surface area contributed by atoms with E-state index in [9.17, 15) is 31.3 Å². The van der Waals surface area contributed by atoms with Crippen LogP contribution in [-0.4, -0.2) is 38.4 Å². The van der Waals surface area contributed by atoms with E-state index in [4.69, 9.17) is 18.5 Å². The summed E-state index contributed by atoms with van der Waals surface area (Å²) in [4.78, 5) is 12.0. The molecule has 250 valence electrons. The van der Waals surface area contributed by atoms with Crippen LogP contribution in [0.25, 0.3) is 0 Å². The average Bonchev–Trinajstić information content (AvgIpc) is 2.98. The molecule has 0 amide bonds. The summed E-state index contributed by atoms with van der Waals surface area (Å²) in [5, 5.41) is 2.12. The Hall–Kier alpha value is -1.75. The van der Waals surface area contributed by atoms with Crippen LogP contribution in [0.2, 0.25) is 0 Å². The zero-order valence-electron chi connectivity index (χ0n) is 25.8. The number of hydrogen-bond acceptors (Lipinski definition) is 6. The van der Waals surface area contributed by atoms with E-state index in [0.717, 1.165) is 19.3 Å². The Morgan fingerprint density at radius 1 is 0.674 bits per heavy atom. The van der Waals surface area contributed by atoms with E-state index >= 15 is 0 Å². The van der Waals surface area contributed by atoms with Gasteiger partial charge in [-0.15, -0.1) is 0 Å². The van der Waals surface area contributed by atoms with Gasteiger partial charge in [0.2, 0.25) is 34.8 Å². The second-order valence-corrected chi connectivity index (χ2v) is 12.2. The van der Waals surface area contributed by atoms with Crippen LogP contribution in [0.5, 0.6) is 5.75 Å². The van der Waals surface area contributed by atoms with Crippen LogP contribution >= 0.6 is 7.75 Å². The van der Waals surface area contributed by atoms with Gasteiger partial charge in [0.1, 0.15) is 6.04 Å². The van der Waals surface area contributed by atoms with E-state index in [1.54, 1.807) is 0 Å². The zero-order valence-corrected chi connectivity index (χ0v) is 26.7. The van der Waals surface area contributed by atoms with Gasteiger partial charge in [0, 0.05) is 13.2 Å². The Morgan fingerprint density at radius 3 is 1.60 bits per heavy atom. The van der Waals surface area contributed by atoms with E-state index in [-0.39, 0.29) is 26.2 Å². The van der Waals surface area contributed by atoms with E-state index in [2.05, 4.69) is 12.0 Å². The number of nitrogens with one attached hydrogen (secondary N) is 1. The molecule has 0 saturated carbocycles. The van der Waals surface area contributed by atoms with Crippen LogP contribution < -0.4 is 9.61 Å². The average molecular weight is 646 g/mol. The molecule has 43 heavy (non-hydrogen) atoms. The highest BCUT2D eigenvalue weighted by Gasteiger charge is 2.37. The molecule has 1 aromatic carbocycles. The quantitative estimate of drug-likeness (QED) is 0.0269. The first kappa shape index (κ1) is 39.3. The zero-order chi connectivity index (χ0) is 32.1. The fourth-order valence-electron chi connectivity index (χ4n) is 4.28. The van der Waals surface area contributed by atoms with E-state index in [0.29, 0.717) is 6.61 Å². The van der Waals surface area contributed by atoms with Gasteiger partial charge in [-0.25, -0.2) is 17.7 Å². The van der Waals surface area contributed by atoms with Crippen molar-refractivity contribution < 1.29 is 49.8 Å². The first-order valence-electron chi connectivity index (χ1n) is 15.6. The Morgan fingerprint density at radius 2 is 1.12 bits per heavy atom. The first-order valence-corrected chi connectivity index (χ1v) is 17.1. The second kappa shape index (κ2) is 22.7. The summed E-state index contributed by atoms with van der Waals surface area (Å²) >= 11 is 0. The minimum Gasteiger partial charge on any atom is -0.465 e. The van der Waals surface area contributed by atoms with Crippen molar-refractivity contribution >= 4 is 13.7 Å². The number of carbonyl (C=O) groups excluding carboxylic acids is 1. The Labute approximate surface area is 253 Å². The molecule has 0 aliphatic heterocycles. The number of rotatable bonds is 26. The fraction of sp³-hybridized carbons (Fsp3) is 0.767. The molecule has 0 aliphatic rings. The standard InChI is InChI=1S/C30H49F5NO6P/c1-4-6-7-8-9-10-11-12-13-14-15-16-17-18-20-39-21-19-22-41-43(38,36-23(3)30(37)40-5-2)42-29-27(34)25(32)24(31)26(33)28(29)35/h23H,4-22H2,1-3H3,(H,36,38)/t23-,43?/m0/s1. The van der Waals surface area contributed by atoms with Crippen LogP contribution in [-0.2, 0) is 23.4 Å². The van der Waals surface area contributed by atoms with Gasteiger partial charge >= 0.3 is 13.7 Å². The third-order valence-electron chi connectivity index (χ3n) is 6.71. The molecule has 0 fully saturated rings. The number of benzene rings is 1. The van der Waals surface area contributed by atoms with Gasteiger partial charge in [0.25, 0.3) is 0 Å². The molecule has 0 spiro atoms. The van der Waals surface area contributed by atoms with Crippen molar-refractivity contribution in [2.75, 3.05) is 26.4 Å². The molecule has 13 heteroatoms.